The summed E-state index contributed by atoms with van der Waals surface area (Å²) in [6.45, 7) is 2.07. The van der Waals surface area contributed by atoms with Crippen LogP contribution in [-0.4, -0.2) is 40.9 Å². The van der Waals surface area contributed by atoms with Gasteiger partial charge in [-0.2, -0.15) is 0 Å². The van der Waals surface area contributed by atoms with E-state index in [0.717, 1.165) is 48.5 Å². The minimum Gasteiger partial charge on any atom is -0.492 e. The van der Waals surface area contributed by atoms with Gasteiger partial charge in [-0.25, -0.2) is 13.1 Å². The zero-order chi connectivity index (χ0) is 21.6. The number of rotatable bonds is 11. The Hall–Kier alpha value is -1.93. The standard InChI is InChI=1S/C22H27ClN2O4S/c1-24-30(27,28)21-15-18(14-17-10-13-29-22(17)21)20(26)8-4-5-11-25-12-9-16-6-2-3-7-19(16)23/h2-3,6-7,14-15,24-25H,4-5,8-13H2,1H3. The van der Waals surface area contributed by atoms with Crippen molar-refractivity contribution in [2.45, 2.75) is 37.0 Å². The molecule has 0 amide bonds. The summed E-state index contributed by atoms with van der Waals surface area (Å²) in [7, 11) is -2.34. The summed E-state index contributed by atoms with van der Waals surface area (Å²) in [5, 5.41) is 4.15. The summed E-state index contributed by atoms with van der Waals surface area (Å²) in [5.74, 6) is 0.317. The van der Waals surface area contributed by atoms with E-state index >= 15 is 0 Å². The molecule has 8 heteroatoms. The van der Waals surface area contributed by atoms with Gasteiger partial charge in [0.05, 0.1) is 6.61 Å². The van der Waals surface area contributed by atoms with Crippen LogP contribution >= 0.6 is 11.6 Å². The van der Waals surface area contributed by atoms with Crippen LogP contribution in [0.1, 0.15) is 40.7 Å². The number of unbranched alkanes of at least 4 members (excludes halogenated alkanes) is 1. The van der Waals surface area contributed by atoms with Crippen molar-refractivity contribution >= 4 is 27.4 Å². The molecule has 0 bridgehead atoms. The van der Waals surface area contributed by atoms with Crippen molar-refractivity contribution in [1.82, 2.24) is 10.0 Å². The molecular weight excluding hydrogens is 424 g/mol. The third-order valence-electron chi connectivity index (χ3n) is 5.17. The first-order valence-electron chi connectivity index (χ1n) is 10.1. The molecule has 30 heavy (non-hydrogen) atoms. The highest BCUT2D eigenvalue weighted by Crippen LogP contribution is 2.34. The Kier molecular flexibility index (Phi) is 7.88. The van der Waals surface area contributed by atoms with Gasteiger partial charge in [0.25, 0.3) is 0 Å². The van der Waals surface area contributed by atoms with E-state index in [0.29, 0.717) is 30.8 Å². The summed E-state index contributed by atoms with van der Waals surface area (Å²) in [6, 6.07) is 11.0. The largest absolute Gasteiger partial charge is 0.492 e. The summed E-state index contributed by atoms with van der Waals surface area (Å²) in [4.78, 5) is 12.7. The number of halogens is 1. The molecule has 1 aliphatic heterocycles. The van der Waals surface area contributed by atoms with E-state index < -0.39 is 10.0 Å². The molecule has 2 aromatic carbocycles. The highest BCUT2D eigenvalue weighted by molar-refractivity contribution is 7.89. The lowest BCUT2D eigenvalue weighted by Gasteiger charge is -2.11. The number of sulfonamides is 1. The molecule has 6 nitrogen and oxygen atoms in total. The number of fused-ring (bicyclic) bond motifs is 1. The Morgan fingerprint density at radius 2 is 1.97 bits per heavy atom. The smallest absolute Gasteiger partial charge is 0.244 e. The summed E-state index contributed by atoms with van der Waals surface area (Å²) >= 11 is 6.15. The van der Waals surface area contributed by atoms with Crippen LogP contribution in [0.15, 0.2) is 41.3 Å². The maximum absolute atomic E-state index is 12.6. The molecule has 3 rings (SSSR count). The second-order valence-electron chi connectivity index (χ2n) is 7.24. The van der Waals surface area contributed by atoms with Crippen LogP contribution in [0.3, 0.4) is 0 Å². The van der Waals surface area contributed by atoms with Gasteiger partial charge in [0.2, 0.25) is 10.0 Å². The minimum atomic E-state index is -3.69. The van der Waals surface area contributed by atoms with Gasteiger partial charge in [-0.05, 0) is 68.7 Å². The van der Waals surface area contributed by atoms with Crippen molar-refractivity contribution in [1.29, 1.82) is 0 Å². The predicted octanol–water partition coefficient (Wildman–Crippen LogP) is 3.37. The average Bonchev–Trinajstić information content (AvgIpc) is 3.22. The number of ether oxygens (including phenoxy) is 1. The Bertz CT molecular complexity index is 1010. The topological polar surface area (TPSA) is 84.5 Å². The van der Waals surface area contributed by atoms with E-state index in [1.165, 1.54) is 13.1 Å². The number of carbonyl (C=O) groups excluding carboxylic acids is 1. The van der Waals surface area contributed by atoms with E-state index in [4.69, 9.17) is 16.3 Å². The lowest BCUT2D eigenvalue weighted by Crippen LogP contribution is -2.20. The van der Waals surface area contributed by atoms with E-state index in [1.54, 1.807) is 6.07 Å². The van der Waals surface area contributed by atoms with E-state index in [2.05, 4.69) is 10.0 Å². The van der Waals surface area contributed by atoms with Crippen molar-refractivity contribution in [2.75, 3.05) is 26.7 Å². The van der Waals surface area contributed by atoms with Gasteiger partial charge >= 0.3 is 0 Å². The van der Waals surface area contributed by atoms with Gasteiger partial charge in [-0.3, -0.25) is 4.79 Å². The molecule has 0 aliphatic carbocycles. The number of ketones is 1. The Balaban J connectivity index is 1.47. The predicted molar refractivity (Wildman–Crippen MR) is 118 cm³/mol. The van der Waals surface area contributed by atoms with E-state index in [9.17, 15) is 13.2 Å². The highest BCUT2D eigenvalue weighted by atomic mass is 35.5. The van der Waals surface area contributed by atoms with Gasteiger partial charge in [0.15, 0.2) is 5.78 Å². The van der Waals surface area contributed by atoms with Gasteiger partial charge in [-0.15, -0.1) is 0 Å². The van der Waals surface area contributed by atoms with Gasteiger partial charge in [0.1, 0.15) is 10.6 Å². The zero-order valence-electron chi connectivity index (χ0n) is 17.0. The third-order valence-corrected chi connectivity index (χ3v) is 6.95. The number of Topliss-reactive ketones (excluding diaryl/α,β-unsaturated/α-hetero) is 1. The lowest BCUT2D eigenvalue weighted by atomic mass is 10.0. The summed E-state index contributed by atoms with van der Waals surface area (Å²) in [5.41, 5.74) is 2.32. The molecule has 1 heterocycles. The molecule has 1 aliphatic rings. The molecule has 0 saturated carbocycles. The zero-order valence-corrected chi connectivity index (χ0v) is 18.6. The number of nitrogens with one attached hydrogen (secondary N) is 2. The van der Waals surface area contributed by atoms with Crippen molar-refractivity contribution in [2.24, 2.45) is 0 Å². The lowest BCUT2D eigenvalue weighted by molar-refractivity contribution is 0.0979. The van der Waals surface area contributed by atoms with Crippen LogP contribution in [0.2, 0.25) is 5.02 Å². The van der Waals surface area contributed by atoms with Gasteiger partial charge < -0.3 is 10.1 Å². The van der Waals surface area contributed by atoms with Crippen LogP contribution in [0.25, 0.3) is 0 Å². The molecule has 0 unspecified atom stereocenters. The molecular formula is C22H27ClN2O4S. The summed E-state index contributed by atoms with van der Waals surface area (Å²) < 4.78 is 32.4. The fourth-order valence-corrected chi connectivity index (χ4v) is 4.64. The van der Waals surface area contributed by atoms with Crippen LogP contribution in [0, 0.1) is 0 Å². The molecule has 0 atom stereocenters. The Labute approximate surface area is 183 Å². The van der Waals surface area contributed by atoms with Crippen molar-refractivity contribution in [3.8, 4) is 5.75 Å². The Morgan fingerprint density at radius 1 is 1.17 bits per heavy atom. The van der Waals surface area contributed by atoms with Crippen LogP contribution in [0.5, 0.6) is 5.75 Å². The number of carbonyl (C=O) groups is 1. The van der Waals surface area contributed by atoms with Crippen molar-refractivity contribution < 1.29 is 17.9 Å². The summed E-state index contributed by atoms with van der Waals surface area (Å²) in [6.07, 6.45) is 3.45. The molecule has 0 spiro atoms. The second kappa shape index (κ2) is 10.4. The Morgan fingerprint density at radius 3 is 2.73 bits per heavy atom. The molecule has 2 N–H and O–H groups in total. The quantitative estimate of drug-likeness (QED) is 0.405. The molecule has 2 aromatic rings. The fourth-order valence-electron chi connectivity index (χ4n) is 3.47. The molecule has 0 radical (unpaired) electrons. The molecule has 0 aromatic heterocycles. The van der Waals surface area contributed by atoms with Crippen LogP contribution in [-0.2, 0) is 22.9 Å². The first-order chi connectivity index (χ1) is 14.4. The maximum atomic E-state index is 12.6. The fraction of sp³-hybridized carbons (Fsp3) is 0.409. The van der Waals surface area contributed by atoms with Gasteiger partial charge in [-0.1, -0.05) is 29.8 Å². The number of hydrogen-bond donors (Lipinski definition) is 2. The SMILES string of the molecule is CNS(=O)(=O)c1cc(C(=O)CCCCNCCc2ccccc2Cl)cc2c1OCC2. The monoisotopic (exact) mass is 450 g/mol. The third kappa shape index (κ3) is 5.60. The molecule has 162 valence electrons. The van der Waals surface area contributed by atoms with Crippen LogP contribution < -0.4 is 14.8 Å². The second-order valence-corrected chi connectivity index (χ2v) is 9.50. The maximum Gasteiger partial charge on any atom is 0.244 e. The normalized spacial score (nSPS) is 13.1. The van der Waals surface area contributed by atoms with Crippen molar-refractivity contribution in [3.63, 3.8) is 0 Å². The number of hydrogen-bond acceptors (Lipinski definition) is 5. The van der Waals surface area contributed by atoms with Crippen LogP contribution in [0.4, 0.5) is 0 Å². The number of benzene rings is 2. The first kappa shape index (κ1) is 22.7. The highest BCUT2D eigenvalue weighted by Gasteiger charge is 2.26. The first-order valence-corrected chi connectivity index (χ1v) is 12.0. The van der Waals surface area contributed by atoms with E-state index in [1.807, 2.05) is 24.3 Å². The molecule has 0 fully saturated rings. The van der Waals surface area contributed by atoms with Gasteiger partial charge in [0, 0.05) is 23.4 Å². The average molecular weight is 451 g/mol. The van der Waals surface area contributed by atoms with Crippen molar-refractivity contribution in [3.05, 3.63) is 58.1 Å². The minimum absolute atomic E-state index is 0.0459. The van der Waals surface area contributed by atoms with E-state index in [-0.39, 0.29) is 10.7 Å². The molecule has 0 saturated heterocycles.